The molecule has 0 heterocycles. The van der Waals surface area contributed by atoms with Gasteiger partial charge in [0.1, 0.15) is 6.04 Å². The molecule has 1 N–H and O–H groups in total. The lowest BCUT2D eigenvalue weighted by Crippen LogP contribution is -2.42. The number of terminal acetylenes is 1. The van der Waals surface area contributed by atoms with Crippen LogP contribution in [0.25, 0.3) is 0 Å². The number of ether oxygens (including phenoxy) is 2. The SMILES string of the molecule is C#CCOC(=O)NC(CCCCCC)C(=O)OCCCCCCCCCCCCCCC. The van der Waals surface area contributed by atoms with Crippen molar-refractivity contribution in [1.82, 2.24) is 5.32 Å². The topological polar surface area (TPSA) is 64.6 Å². The van der Waals surface area contributed by atoms with Gasteiger partial charge in [-0.3, -0.25) is 0 Å². The number of amides is 1. The van der Waals surface area contributed by atoms with E-state index in [0.717, 1.165) is 38.5 Å². The molecule has 0 aromatic heterocycles. The maximum absolute atomic E-state index is 12.4. The first-order chi connectivity index (χ1) is 15.7. The molecule has 0 aliphatic heterocycles. The summed E-state index contributed by atoms with van der Waals surface area (Å²) in [5.74, 6) is 1.87. The van der Waals surface area contributed by atoms with Gasteiger partial charge in [0.05, 0.1) is 6.61 Å². The van der Waals surface area contributed by atoms with E-state index in [1.807, 2.05) is 0 Å². The highest BCUT2D eigenvalue weighted by molar-refractivity contribution is 5.81. The molecule has 0 radical (unpaired) electrons. The van der Waals surface area contributed by atoms with Gasteiger partial charge in [-0.2, -0.15) is 0 Å². The molecule has 5 nitrogen and oxygen atoms in total. The lowest BCUT2D eigenvalue weighted by atomic mass is 10.0. The Labute approximate surface area is 197 Å². The van der Waals surface area contributed by atoms with Gasteiger partial charge in [0.15, 0.2) is 6.61 Å². The van der Waals surface area contributed by atoms with Crippen LogP contribution in [0.1, 0.15) is 129 Å². The number of carbonyl (C=O) groups is 2. The van der Waals surface area contributed by atoms with E-state index in [9.17, 15) is 9.59 Å². The summed E-state index contributed by atoms with van der Waals surface area (Å²) in [5, 5.41) is 2.60. The normalized spacial score (nSPS) is 11.5. The molecular weight excluding hydrogens is 402 g/mol. The van der Waals surface area contributed by atoms with Gasteiger partial charge < -0.3 is 14.8 Å². The monoisotopic (exact) mass is 451 g/mol. The van der Waals surface area contributed by atoms with Crippen LogP contribution in [0.4, 0.5) is 4.79 Å². The van der Waals surface area contributed by atoms with Gasteiger partial charge in [0.25, 0.3) is 0 Å². The second kappa shape index (κ2) is 24.0. The second-order valence-corrected chi connectivity index (χ2v) is 8.74. The zero-order valence-corrected chi connectivity index (χ0v) is 20.9. The minimum Gasteiger partial charge on any atom is -0.464 e. The fourth-order valence-electron chi connectivity index (χ4n) is 3.71. The summed E-state index contributed by atoms with van der Waals surface area (Å²) in [7, 11) is 0. The van der Waals surface area contributed by atoms with E-state index in [1.54, 1.807) is 0 Å². The first-order valence-electron chi connectivity index (χ1n) is 13.2. The summed E-state index contributed by atoms with van der Waals surface area (Å²) in [4.78, 5) is 24.2. The third-order valence-corrected chi connectivity index (χ3v) is 5.70. The number of hydrogen-bond donors (Lipinski definition) is 1. The summed E-state index contributed by atoms with van der Waals surface area (Å²) in [6, 6.07) is -0.667. The van der Waals surface area contributed by atoms with E-state index in [1.165, 1.54) is 70.6 Å². The van der Waals surface area contributed by atoms with Gasteiger partial charge in [-0.25, -0.2) is 9.59 Å². The van der Waals surface area contributed by atoms with Gasteiger partial charge in [-0.1, -0.05) is 123 Å². The molecule has 1 unspecified atom stereocenters. The summed E-state index contributed by atoms with van der Waals surface area (Å²) in [6.07, 6.45) is 25.8. The zero-order valence-electron chi connectivity index (χ0n) is 20.9. The summed E-state index contributed by atoms with van der Waals surface area (Å²) < 4.78 is 10.2. The predicted octanol–water partition coefficient (Wildman–Crippen LogP) is 7.32. The van der Waals surface area contributed by atoms with Gasteiger partial charge in [0.2, 0.25) is 0 Å². The molecule has 0 aromatic carbocycles. The third-order valence-electron chi connectivity index (χ3n) is 5.70. The number of esters is 1. The quantitative estimate of drug-likeness (QED) is 0.106. The lowest BCUT2D eigenvalue weighted by Gasteiger charge is -2.17. The summed E-state index contributed by atoms with van der Waals surface area (Å²) in [5.41, 5.74) is 0. The molecule has 0 saturated heterocycles. The molecule has 0 aliphatic carbocycles. The van der Waals surface area contributed by atoms with Crippen LogP contribution in [-0.4, -0.2) is 31.3 Å². The molecule has 0 bridgehead atoms. The second-order valence-electron chi connectivity index (χ2n) is 8.74. The van der Waals surface area contributed by atoms with Crippen molar-refractivity contribution in [3.05, 3.63) is 0 Å². The molecule has 0 aliphatic rings. The molecule has 0 saturated carbocycles. The fraction of sp³-hybridized carbons (Fsp3) is 0.852. The average Bonchev–Trinajstić information content (AvgIpc) is 2.79. The van der Waals surface area contributed by atoms with Gasteiger partial charge in [0, 0.05) is 0 Å². The van der Waals surface area contributed by atoms with Gasteiger partial charge in [-0.15, -0.1) is 6.42 Å². The third kappa shape index (κ3) is 20.2. The smallest absolute Gasteiger partial charge is 0.408 e. The minimum atomic E-state index is -0.667. The Morgan fingerprint density at radius 3 is 1.69 bits per heavy atom. The number of hydrogen-bond acceptors (Lipinski definition) is 4. The summed E-state index contributed by atoms with van der Waals surface area (Å²) >= 11 is 0. The van der Waals surface area contributed by atoms with Crippen LogP contribution in [0.5, 0.6) is 0 Å². The van der Waals surface area contributed by atoms with E-state index >= 15 is 0 Å². The largest absolute Gasteiger partial charge is 0.464 e. The Kier molecular flexibility index (Phi) is 22.7. The molecule has 0 spiro atoms. The van der Waals surface area contributed by atoms with Crippen molar-refractivity contribution < 1.29 is 19.1 Å². The number of nitrogens with one attached hydrogen (secondary N) is 1. The number of unbranched alkanes of at least 4 members (excludes halogenated alkanes) is 15. The van der Waals surface area contributed by atoms with Gasteiger partial charge >= 0.3 is 12.1 Å². The van der Waals surface area contributed by atoms with Crippen LogP contribution in [0.15, 0.2) is 0 Å². The van der Waals surface area contributed by atoms with Crippen LogP contribution in [-0.2, 0) is 14.3 Å². The molecule has 32 heavy (non-hydrogen) atoms. The summed E-state index contributed by atoms with van der Waals surface area (Å²) in [6.45, 7) is 4.69. The molecule has 0 aromatic rings. The Bertz CT molecular complexity index is 487. The Hall–Kier alpha value is -1.70. The first kappa shape index (κ1) is 30.3. The standard InChI is InChI=1S/C27H49NO4/c1-4-7-9-11-12-13-14-15-16-17-18-19-21-24-31-26(29)25(22-20-10-8-5-2)28-27(30)32-23-6-3/h3,25H,4-5,7-24H2,1-2H3,(H,28,30). The van der Waals surface area contributed by atoms with Crippen molar-refractivity contribution >= 4 is 12.1 Å². The Morgan fingerprint density at radius 1 is 0.719 bits per heavy atom. The maximum atomic E-state index is 12.4. The van der Waals surface area contributed by atoms with E-state index in [4.69, 9.17) is 15.9 Å². The number of carbonyl (C=O) groups excluding carboxylic acids is 2. The number of rotatable bonds is 22. The van der Waals surface area contributed by atoms with Crippen LogP contribution in [0.3, 0.4) is 0 Å². The van der Waals surface area contributed by atoms with E-state index < -0.39 is 12.1 Å². The number of alkyl carbamates (subject to hydrolysis) is 1. The molecular formula is C27H49NO4. The maximum Gasteiger partial charge on any atom is 0.408 e. The molecule has 1 amide bonds. The van der Waals surface area contributed by atoms with Crippen molar-refractivity contribution in [2.75, 3.05) is 13.2 Å². The highest BCUT2D eigenvalue weighted by atomic mass is 16.6. The van der Waals surface area contributed by atoms with Crippen LogP contribution in [0.2, 0.25) is 0 Å². The van der Waals surface area contributed by atoms with Crippen molar-refractivity contribution in [3.63, 3.8) is 0 Å². The van der Waals surface area contributed by atoms with Crippen molar-refractivity contribution in [1.29, 1.82) is 0 Å². The molecule has 0 fully saturated rings. The highest BCUT2D eigenvalue weighted by Crippen LogP contribution is 2.13. The minimum absolute atomic E-state index is 0.109. The zero-order chi connectivity index (χ0) is 23.7. The average molecular weight is 452 g/mol. The predicted molar refractivity (Wildman–Crippen MR) is 133 cm³/mol. The molecule has 5 heteroatoms. The van der Waals surface area contributed by atoms with E-state index in [2.05, 4.69) is 25.1 Å². The van der Waals surface area contributed by atoms with Crippen molar-refractivity contribution in [2.24, 2.45) is 0 Å². The Balaban J connectivity index is 3.82. The molecule has 186 valence electrons. The Morgan fingerprint density at radius 2 is 1.19 bits per heavy atom. The highest BCUT2D eigenvalue weighted by Gasteiger charge is 2.22. The van der Waals surface area contributed by atoms with Crippen molar-refractivity contribution in [2.45, 2.75) is 135 Å². The molecule has 0 rings (SSSR count). The van der Waals surface area contributed by atoms with Gasteiger partial charge in [-0.05, 0) is 12.8 Å². The van der Waals surface area contributed by atoms with Crippen LogP contribution in [0, 0.1) is 12.3 Å². The fourth-order valence-corrected chi connectivity index (χ4v) is 3.71. The van der Waals surface area contributed by atoms with E-state index in [-0.39, 0.29) is 12.6 Å². The van der Waals surface area contributed by atoms with Crippen LogP contribution >= 0.6 is 0 Å². The lowest BCUT2D eigenvalue weighted by molar-refractivity contribution is -0.146. The van der Waals surface area contributed by atoms with Crippen LogP contribution < -0.4 is 5.32 Å². The van der Waals surface area contributed by atoms with Crippen molar-refractivity contribution in [3.8, 4) is 12.3 Å². The van der Waals surface area contributed by atoms with E-state index in [0.29, 0.717) is 13.0 Å². The first-order valence-corrected chi connectivity index (χ1v) is 13.2. The molecule has 1 atom stereocenters.